The average molecular weight is 285 g/mol. The molecular formula is C18H27N3. The first-order chi connectivity index (χ1) is 10.2. The van der Waals surface area contributed by atoms with Crippen molar-refractivity contribution in [2.45, 2.75) is 46.1 Å². The Morgan fingerprint density at radius 3 is 2.81 bits per heavy atom. The number of benzene rings is 1. The highest BCUT2D eigenvalue weighted by Crippen LogP contribution is 2.36. The minimum Gasteiger partial charge on any atom is -0.330 e. The molecular weight excluding hydrogens is 258 g/mol. The molecule has 1 aromatic carbocycles. The van der Waals surface area contributed by atoms with Crippen molar-refractivity contribution in [3.63, 3.8) is 0 Å². The Bertz CT molecular complexity index is 602. The standard InChI is InChI=1S/C18H27N3/c1-3-21-18-7-5-4-6-16(18)17(20-21)11-15-10-13(2)8-9-14(15)12-19/h4-7,13-15H,3,8-12,19H2,1-2H3. The summed E-state index contributed by atoms with van der Waals surface area (Å²) in [5, 5.41) is 6.20. The van der Waals surface area contributed by atoms with Crippen LogP contribution >= 0.6 is 0 Å². The van der Waals surface area contributed by atoms with Crippen molar-refractivity contribution in [3.05, 3.63) is 30.0 Å². The summed E-state index contributed by atoms with van der Waals surface area (Å²) in [5.41, 5.74) is 8.55. The van der Waals surface area contributed by atoms with Crippen LogP contribution in [0.2, 0.25) is 0 Å². The Kier molecular flexibility index (Phi) is 4.29. The molecule has 3 unspecified atom stereocenters. The van der Waals surface area contributed by atoms with Gasteiger partial charge in [-0.1, -0.05) is 31.5 Å². The first-order valence-electron chi connectivity index (χ1n) is 8.37. The van der Waals surface area contributed by atoms with E-state index in [0.717, 1.165) is 25.4 Å². The lowest BCUT2D eigenvalue weighted by molar-refractivity contribution is 0.192. The van der Waals surface area contributed by atoms with Gasteiger partial charge >= 0.3 is 0 Å². The zero-order chi connectivity index (χ0) is 14.8. The second-order valence-electron chi connectivity index (χ2n) is 6.66. The van der Waals surface area contributed by atoms with E-state index in [9.17, 15) is 0 Å². The highest BCUT2D eigenvalue weighted by molar-refractivity contribution is 5.81. The van der Waals surface area contributed by atoms with Gasteiger partial charge in [0.1, 0.15) is 0 Å². The predicted molar refractivity (Wildman–Crippen MR) is 88.2 cm³/mol. The molecule has 1 aromatic heterocycles. The minimum atomic E-state index is 0.673. The molecule has 21 heavy (non-hydrogen) atoms. The van der Waals surface area contributed by atoms with Crippen molar-refractivity contribution in [2.24, 2.45) is 23.5 Å². The lowest BCUT2D eigenvalue weighted by atomic mass is 9.72. The van der Waals surface area contributed by atoms with E-state index in [0.29, 0.717) is 11.8 Å². The summed E-state index contributed by atoms with van der Waals surface area (Å²) in [4.78, 5) is 0. The lowest BCUT2D eigenvalue weighted by Crippen LogP contribution is -2.31. The highest BCUT2D eigenvalue weighted by atomic mass is 15.3. The number of rotatable bonds is 4. The first-order valence-corrected chi connectivity index (χ1v) is 8.37. The number of para-hydroxylation sites is 1. The maximum Gasteiger partial charge on any atom is 0.0706 e. The van der Waals surface area contributed by atoms with Gasteiger partial charge in [0.15, 0.2) is 0 Å². The summed E-state index contributed by atoms with van der Waals surface area (Å²) < 4.78 is 2.13. The van der Waals surface area contributed by atoms with Gasteiger partial charge in [0.05, 0.1) is 11.2 Å². The molecule has 0 amide bonds. The third-order valence-electron chi connectivity index (χ3n) is 5.19. The van der Waals surface area contributed by atoms with E-state index < -0.39 is 0 Å². The second kappa shape index (κ2) is 6.18. The lowest BCUT2D eigenvalue weighted by Gasteiger charge is -2.34. The molecule has 3 nitrogen and oxygen atoms in total. The Labute approximate surface area is 127 Å². The van der Waals surface area contributed by atoms with Crippen molar-refractivity contribution in [3.8, 4) is 0 Å². The summed E-state index contributed by atoms with van der Waals surface area (Å²) in [7, 11) is 0. The normalized spacial score (nSPS) is 26.3. The predicted octanol–water partition coefficient (Wildman–Crippen LogP) is 3.61. The summed E-state index contributed by atoms with van der Waals surface area (Å²) in [6.07, 6.45) is 5.01. The molecule has 114 valence electrons. The smallest absolute Gasteiger partial charge is 0.0706 e. The van der Waals surface area contributed by atoms with E-state index in [-0.39, 0.29) is 0 Å². The first kappa shape index (κ1) is 14.6. The molecule has 2 aromatic rings. The molecule has 0 bridgehead atoms. The van der Waals surface area contributed by atoms with E-state index in [2.05, 4.69) is 42.8 Å². The van der Waals surface area contributed by atoms with Gasteiger partial charge in [0, 0.05) is 11.9 Å². The molecule has 2 N–H and O–H groups in total. The fourth-order valence-corrected chi connectivity index (χ4v) is 3.96. The Morgan fingerprint density at radius 1 is 1.24 bits per heavy atom. The van der Waals surface area contributed by atoms with Gasteiger partial charge in [0.25, 0.3) is 0 Å². The van der Waals surface area contributed by atoms with Gasteiger partial charge in [-0.2, -0.15) is 5.10 Å². The van der Waals surface area contributed by atoms with Crippen molar-refractivity contribution in [1.29, 1.82) is 0 Å². The number of aromatic nitrogens is 2. The van der Waals surface area contributed by atoms with Gasteiger partial charge < -0.3 is 5.73 Å². The molecule has 1 saturated carbocycles. The van der Waals surface area contributed by atoms with Crippen LogP contribution in [0.15, 0.2) is 24.3 Å². The Balaban J connectivity index is 1.90. The quantitative estimate of drug-likeness (QED) is 0.932. The topological polar surface area (TPSA) is 43.8 Å². The maximum atomic E-state index is 6.01. The van der Waals surface area contributed by atoms with Crippen LogP contribution in [0.3, 0.4) is 0 Å². The van der Waals surface area contributed by atoms with Gasteiger partial charge in [-0.15, -0.1) is 0 Å². The number of hydrogen-bond donors (Lipinski definition) is 1. The third-order valence-corrected chi connectivity index (χ3v) is 5.19. The molecule has 1 aliphatic rings. The van der Waals surface area contributed by atoms with Crippen LogP contribution in [0.5, 0.6) is 0 Å². The molecule has 3 rings (SSSR count). The van der Waals surface area contributed by atoms with E-state index in [1.165, 1.54) is 35.9 Å². The van der Waals surface area contributed by atoms with Crippen LogP contribution in [0.4, 0.5) is 0 Å². The Morgan fingerprint density at radius 2 is 2.05 bits per heavy atom. The fourth-order valence-electron chi connectivity index (χ4n) is 3.96. The van der Waals surface area contributed by atoms with Gasteiger partial charge in [0.2, 0.25) is 0 Å². The molecule has 1 heterocycles. The average Bonchev–Trinajstić information content (AvgIpc) is 2.86. The molecule has 0 saturated heterocycles. The summed E-state index contributed by atoms with van der Waals surface area (Å²) in [6, 6.07) is 8.62. The Hall–Kier alpha value is -1.35. The van der Waals surface area contributed by atoms with Crippen LogP contribution in [0, 0.1) is 17.8 Å². The van der Waals surface area contributed by atoms with Crippen molar-refractivity contribution in [2.75, 3.05) is 6.54 Å². The van der Waals surface area contributed by atoms with Gasteiger partial charge in [-0.3, -0.25) is 4.68 Å². The molecule has 0 radical (unpaired) electrons. The number of aryl methyl sites for hydroxylation is 1. The van der Waals surface area contributed by atoms with Crippen LogP contribution in [0.25, 0.3) is 10.9 Å². The van der Waals surface area contributed by atoms with Crippen LogP contribution in [0.1, 0.15) is 38.8 Å². The van der Waals surface area contributed by atoms with Crippen LogP contribution in [-0.2, 0) is 13.0 Å². The largest absolute Gasteiger partial charge is 0.330 e. The molecule has 1 fully saturated rings. The van der Waals surface area contributed by atoms with E-state index in [4.69, 9.17) is 10.8 Å². The minimum absolute atomic E-state index is 0.673. The third kappa shape index (κ3) is 2.84. The molecule has 3 atom stereocenters. The summed E-state index contributed by atoms with van der Waals surface area (Å²) in [6.45, 7) is 6.29. The van der Waals surface area contributed by atoms with Crippen LogP contribution < -0.4 is 5.73 Å². The van der Waals surface area contributed by atoms with E-state index in [1.54, 1.807) is 0 Å². The zero-order valence-corrected chi connectivity index (χ0v) is 13.3. The molecule has 0 aliphatic heterocycles. The molecule has 0 spiro atoms. The number of nitrogens with zero attached hydrogens (tertiary/aromatic N) is 2. The van der Waals surface area contributed by atoms with E-state index >= 15 is 0 Å². The van der Waals surface area contributed by atoms with Crippen molar-refractivity contribution < 1.29 is 0 Å². The molecule has 1 aliphatic carbocycles. The number of fused-ring (bicyclic) bond motifs is 1. The number of nitrogens with two attached hydrogens (primary N) is 1. The zero-order valence-electron chi connectivity index (χ0n) is 13.3. The van der Waals surface area contributed by atoms with E-state index in [1.807, 2.05) is 0 Å². The van der Waals surface area contributed by atoms with Crippen LogP contribution in [-0.4, -0.2) is 16.3 Å². The van der Waals surface area contributed by atoms with Crippen molar-refractivity contribution in [1.82, 2.24) is 9.78 Å². The summed E-state index contributed by atoms with van der Waals surface area (Å²) in [5.74, 6) is 2.20. The highest BCUT2D eigenvalue weighted by Gasteiger charge is 2.29. The fraction of sp³-hybridized carbons (Fsp3) is 0.611. The second-order valence-corrected chi connectivity index (χ2v) is 6.66. The monoisotopic (exact) mass is 285 g/mol. The SMILES string of the molecule is CCn1nc(CC2CC(C)CCC2CN)c2ccccc21. The van der Waals surface area contributed by atoms with Gasteiger partial charge in [-0.25, -0.2) is 0 Å². The molecule has 3 heteroatoms. The summed E-state index contributed by atoms with van der Waals surface area (Å²) >= 11 is 0. The van der Waals surface area contributed by atoms with Gasteiger partial charge in [-0.05, 0) is 56.6 Å². The number of hydrogen-bond acceptors (Lipinski definition) is 2. The van der Waals surface area contributed by atoms with Crippen molar-refractivity contribution >= 4 is 10.9 Å². The maximum absolute atomic E-state index is 6.01.